The first-order chi connectivity index (χ1) is 18.3. The fourth-order valence-corrected chi connectivity index (χ4v) is 7.84. The van der Waals surface area contributed by atoms with Gasteiger partial charge in [-0.15, -0.1) is 0 Å². The van der Waals surface area contributed by atoms with E-state index in [1.165, 1.54) is 7.11 Å². The summed E-state index contributed by atoms with van der Waals surface area (Å²) in [5.74, 6) is -1.31. The number of allylic oxidation sites excluding steroid dienone is 2. The number of rotatable bonds is 6. The number of ether oxygens (including phenoxy) is 3. The molecule has 0 saturated carbocycles. The molecule has 4 aliphatic heterocycles. The molecule has 3 saturated heterocycles. The first kappa shape index (κ1) is 28.8. The van der Waals surface area contributed by atoms with Crippen LogP contribution < -0.4 is 5.32 Å². The van der Waals surface area contributed by atoms with Gasteiger partial charge < -0.3 is 44.9 Å². The third kappa shape index (κ3) is 4.59. The van der Waals surface area contributed by atoms with Gasteiger partial charge in [0.25, 0.3) is 0 Å². The first-order valence-corrected chi connectivity index (χ1v) is 13.6. The highest BCUT2D eigenvalue weighted by molar-refractivity contribution is 6.25. The number of ketones is 2. The largest absolute Gasteiger partial charge is 0.492 e. The average molecular weight is 552 g/mol. The van der Waals surface area contributed by atoms with Crippen LogP contribution in [0.4, 0.5) is 0 Å². The van der Waals surface area contributed by atoms with Gasteiger partial charge >= 0.3 is 0 Å². The van der Waals surface area contributed by atoms with Crippen LogP contribution in [0.3, 0.4) is 0 Å². The lowest BCUT2D eigenvalue weighted by atomic mass is 9.75. The summed E-state index contributed by atoms with van der Waals surface area (Å²) in [7, 11) is 5.10. The van der Waals surface area contributed by atoms with Crippen molar-refractivity contribution in [2.45, 2.75) is 101 Å². The van der Waals surface area contributed by atoms with E-state index >= 15 is 0 Å². The van der Waals surface area contributed by atoms with Gasteiger partial charge in [0, 0.05) is 47.2 Å². The SMILES string of the molecule is COC1=C(C)C(=O)C2=C(C1=O)[C@H](COC1CC(C)(O)C(N(C)C)C(C)O1)N1[C@@H](O)[C@@H]3C[C@@H](C(O)O)[C@@H](N3)[C@@H]1C2. The van der Waals surface area contributed by atoms with Crippen molar-refractivity contribution in [2.75, 3.05) is 27.8 Å². The maximum Gasteiger partial charge on any atom is 0.226 e. The molecular weight excluding hydrogens is 510 g/mol. The van der Waals surface area contributed by atoms with Crippen molar-refractivity contribution in [1.82, 2.24) is 15.1 Å². The molecule has 5 N–H and O–H groups in total. The zero-order valence-corrected chi connectivity index (χ0v) is 23.3. The van der Waals surface area contributed by atoms with Crippen molar-refractivity contribution in [1.29, 1.82) is 0 Å². The van der Waals surface area contributed by atoms with E-state index in [4.69, 9.17) is 14.2 Å². The topological polar surface area (TPSA) is 161 Å². The predicted molar refractivity (Wildman–Crippen MR) is 137 cm³/mol. The number of carbonyl (C=O) groups excluding carboxylic acids is 2. The van der Waals surface area contributed by atoms with Crippen molar-refractivity contribution in [3.05, 3.63) is 22.5 Å². The molecule has 0 spiro atoms. The molecule has 5 rings (SSSR count). The van der Waals surface area contributed by atoms with Crippen LogP contribution in [0.2, 0.25) is 0 Å². The molecule has 12 nitrogen and oxygen atoms in total. The minimum atomic E-state index is -1.60. The fraction of sp³-hybridized carbons (Fsp3) is 0.778. The lowest BCUT2D eigenvalue weighted by molar-refractivity contribution is -0.261. The summed E-state index contributed by atoms with van der Waals surface area (Å²) in [5.41, 5.74) is -0.335. The summed E-state index contributed by atoms with van der Waals surface area (Å²) < 4.78 is 17.7. The number of hydrogen-bond donors (Lipinski definition) is 5. The Balaban J connectivity index is 1.49. The summed E-state index contributed by atoms with van der Waals surface area (Å²) in [6.45, 7) is 5.07. The van der Waals surface area contributed by atoms with E-state index < -0.39 is 60.3 Å². The molecule has 1 aliphatic carbocycles. The van der Waals surface area contributed by atoms with Crippen LogP contribution in [-0.4, -0.2) is 130 Å². The number of nitrogens with one attached hydrogen (secondary N) is 1. The number of fused-ring (bicyclic) bond motifs is 4. The smallest absolute Gasteiger partial charge is 0.226 e. The Hall–Kier alpha value is -1.74. The Morgan fingerprint density at radius 1 is 1.26 bits per heavy atom. The molecule has 4 unspecified atom stereocenters. The first-order valence-electron chi connectivity index (χ1n) is 13.6. The van der Waals surface area contributed by atoms with Gasteiger partial charge in [0.15, 0.2) is 24.1 Å². The average Bonchev–Trinajstić information content (AvgIpc) is 3.25. The minimum Gasteiger partial charge on any atom is -0.492 e. The molecule has 10 atom stereocenters. The molecule has 2 bridgehead atoms. The Bertz CT molecular complexity index is 1090. The second-order valence-corrected chi connectivity index (χ2v) is 12.0. The van der Waals surface area contributed by atoms with Crippen LogP contribution in [0.1, 0.15) is 40.0 Å². The molecule has 3 fully saturated rings. The van der Waals surface area contributed by atoms with Crippen molar-refractivity contribution in [3.63, 3.8) is 0 Å². The number of nitrogens with zero attached hydrogens (tertiary/aromatic N) is 2. The number of methoxy groups -OCH3 is 1. The van der Waals surface area contributed by atoms with Crippen molar-refractivity contribution in [3.8, 4) is 0 Å². The molecule has 218 valence electrons. The summed E-state index contributed by atoms with van der Waals surface area (Å²) in [6.07, 6.45) is -3.12. The van der Waals surface area contributed by atoms with Gasteiger partial charge in [-0.1, -0.05) is 0 Å². The number of hydrogen-bond acceptors (Lipinski definition) is 12. The zero-order chi connectivity index (χ0) is 28.5. The normalized spacial score (nSPS) is 42.9. The summed E-state index contributed by atoms with van der Waals surface area (Å²) in [5, 5.41) is 46.1. The Morgan fingerprint density at radius 2 is 1.95 bits per heavy atom. The fourth-order valence-electron chi connectivity index (χ4n) is 7.84. The molecule has 0 aromatic rings. The lowest BCUT2D eigenvalue weighted by Crippen LogP contribution is -2.70. The zero-order valence-electron chi connectivity index (χ0n) is 23.3. The van der Waals surface area contributed by atoms with E-state index in [1.807, 2.05) is 25.9 Å². The Kier molecular flexibility index (Phi) is 7.58. The number of Topliss-reactive ketones (excluding diaryl/α,β-unsaturated/α-hetero) is 2. The number of carbonyl (C=O) groups is 2. The third-order valence-electron chi connectivity index (χ3n) is 9.31. The summed E-state index contributed by atoms with van der Waals surface area (Å²) in [4.78, 5) is 30.9. The van der Waals surface area contributed by atoms with Gasteiger partial charge in [0.2, 0.25) is 5.78 Å². The van der Waals surface area contributed by atoms with Gasteiger partial charge in [-0.05, 0) is 47.7 Å². The van der Waals surface area contributed by atoms with Crippen LogP contribution in [0.15, 0.2) is 22.5 Å². The summed E-state index contributed by atoms with van der Waals surface area (Å²) in [6, 6.07) is -2.44. The second kappa shape index (κ2) is 10.3. The van der Waals surface area contributed by atoms with Gasteiger partial charge in [0.1, 0.15) is 6.23 Å². The highest BCUT2D eigenvalue weighted by Gasteiger charge is 2.58. The maximum absolute atomic E-state index is 13.7. The van der Waals surface area contributed by atoms with E-state index in [0.717, 1.165) is 0 Å². The summed E-state index contributed by atoms with van der Waals surface area (Å²) >= 11 is 0. The van der Waals surface area contributed by atoms with E-state index in [2.05, 4.69) is 5.32 Å². The third-order valence-corrected chi connectivity index (χ3v) is 9.31. The monoisotopic (exact) mass is 551 g/mol. The highest BCUT2D eigenvalue weighted by atomic mass is 16.7. The molecule has 0 aromatic carbocycles. The van der Waals surface area contributed by atoms with Crippen LogP contribution in [0.25, 0.3) is 0 Å². The predicted octanol–water partition coefficient (Wildman–Crippen LogP) is -1.38. The van der Waals surface area contributed by atoms with E-state index in [-0.39, 0.29) is 54.3 Å². The van der Waals surface area contributed by atoms with Crippen LogP contribution in [0.5, 0.6) is 0 Å². The second-order valence-electron chi connectivity index (χ2n) is 12.0. The van der Waals surface area contributed by atoms with E-state index in [1.54, 1.807) is 18.7 Å². The van der Waals surface area contributed by atoms with Crippen molar-refractivity contribution < 1.29 is 44.2 Å². The number of likely N-dealkylation sites (N-methyl/N-ethyl adjacent to an activating group) is 1. The van der Waals surface area contributed by atoms with Crippen molar-refractivity contribution in [2.24, 2.45) is 5.92 Å². The molecule has 0 radical (unpaired) electrons. The van der Waals surface area contributed by atoms with E-state index in [9.17, 15) is 30.0 Å². The standard InChI is InChI=1S/C27H41N3O9/c1-11-21(31)13-8-16-20-14(26(34)35)7-15(28-20)25(33)30(16)17(19(13)22(32)23(11)37-6)10-38-18-9-27(3,36)24(29(4)5)12(2)39-18/h12,14-18,20,24-26,28,33-36H,7-10H2,1-6H3/t12?,14-,15+,16+,17+,18?,20-,24?,25+,27?/m1/s1. The van der Waals surface area contributed by atoms with Gasteiger partial charge in [-0.25, -0.2) is 0 Å². The lowest BCUT2D eigenvalue weighted by Gasteiger charge is -2.53. The molecular formula is C27H41N3O9. The molecule has 0 amide bonds. The van der Waals surface area contributed by atoms with E-state index in [0.29, 0.717) is 12.0 Å². The Morgan fingerprint density at radius 3 is 2.54 bits per heavy atom. The molecule has 5 aliphatic rings. The minimum absolute atomic E-state index is 0.0299. The van der Waals surface area contributed by atoms with Crippen LogP contribution in [0, 0.1) is 5.92 Å². The molecule has 4 heterocycles. The van der Waals surface area contributed by atoms with Gasteiger partial charge in [0.05, 0.1) is 37.5 Å². The Labute approximate surface area is 228 Å². The van der Waals surface area contributed by atoms with Crippen molar-refractivity contribution >= 4 is 11.6 Å². The molecule has 39 heavy (non-hydrogen) atoms. The highest BCUT2D eigenvalue weighted by Crippen LogP contribution is 2.45. The number of piperazine rings is 1. The van der Waals surface area contributed by atoms with Gasteiger partial charge in [-0.2, -0.15) is 0 Å². The quantitative estimate of drug-likeness (QED) is 0.195. The van der Waals surface area contributed by atoms with Crippen LogP contribution in [-0.2, 0) is 23.8 Å². The molecule has 0 aromatic heterocycles. The van der Waals surface area contributed by atoms with Crippen LogP contribution >= 0.6 is 0 Å². The maximum atomic E-state index is 13.7. The molecule has 12 heteroatoms. The van der Waals surface area contributed by atoms with Gasteiger partial charge in [-0.3, -0.25) is 14.5 Å². The number of aliphatic hydroxyl groups excluding tert-OH is 2. The number of aliphatic hydroxyl groups is 4.